The van der Waals surface area contributed by atoms with E-state index in [0.29, 0.717) is 23.4 Å². The van der Waals surface area contributed by atoms with E-state index in [-0.39, 0.29) is 38.2 Å². The normalized spacial score (nSPS) is 12.0. The monoisotopic (exact) mass is 645 g/mol. The highest BCUT2D eigenvalue weighted by atomic mass is 35.5. The van der Waals surface area contributed by atoms with Crippen LogP contribution in [0.1, 0.15) is 11.1 Å². The number of rotatable bonds is 5. The number of nitrogens with zero attached hydrogens (tertiary/aromatic N) is 1. The van der Waals surface area contributed by atoms with Gasteiger partial charge in [-0.25, -0.2) is 4.98 Å². The zero-order chi connectivity index (χ0) is 28.7. The van der Waals surface area contributed by atoms with Gasteiger partial charge in [0.25, 0.3) is 0 Å². The van der Waals surface area contributed by atoms with Crippen molar-refractivity contribution in [3.63, 3.8) is 0 Å². The zero-order valence-electron chi connectivity index (χ0n) is 18.7. The Bertz CT molecular complexity index is 1540. The first-order valence-electron chi connectivity index (χ1n) is 10.4. The Balaban J connectivity index is 1.62. The lowest BCUT2D eigenvalue weighted by atomic mass is 10.0. The van der Waals surface area contributed by atoms with Crippen LogP contribution in [0, 0.1) is 0 Å². The first-order valence-corrected chi connectivity index (χ1v) is 12.3. The smallest absolute Gasteiger partial charge is 0.417 e. The molecule has 0 fully saturated rings. The lowest BCUT2D eigenvalue weighted by Crippen LogP contribution is -2.05. The Morgan fingerprint density at radius 1 is 0.667 bits per heavy atom. The highest BCUT2D eigenvalue weighted by Gasteiger charge is 2.33. The van der Waals surface area contributed by atoms with Crippen molar-refractivity contribution < 1.29 is 35.8 Å². The van der Waals surface area contributed by atoms with Gasteiger partial charge in [-0.05, 0) is 42.0 Å². The number of hydrogen-bond donors (Lipinski definition) is 0. The Kier molecular flexibility index (Phi) is 8.40. The van der Waals surface area contributed by atoms with Crippen molar-refractivity contribution in [2.75, 3.05) is 0 Å². The minimum absolute atomic E-state index is 0.00721. The van der Waals surface area contributed by atoms with Crippen LogP contribution in [0.15, 0.2) is 60.8 Å². The van der Waals surface area contributed by atoms with Crippen molar-refractivity contribution in [2.45, 2.75) is 12.4 Å². The second-order valence-corrected chi connectivity index (χ2v) is 9.75. The fourth-order valence-electron chi connectivity index (χ4n) is 3.29. The van der Waals surface area contributed by atoms with Crippen LogP contribution in [0.3, 0.4) is 0 Å². The van der Waals surface area contributed by atoms with Crippen molar-refractivity contribution in [3.8, 4) is 34.3 Å². The topological polar surface area (TPSA) is 31.4 Å². The zero-order valence-corrected chi connectivity index (χ0v) is 22.5. The summed E-state index contributed by atoms with van der Waals surface area (Å²) in [6, 6.07) is 11.0. The van der Waals surface area contributed by atoms with Gasteiger partial charge >= 0.3 is 12.4 Å². The molecule has 0 radical (unpaired) electrons. The summed E-state index contributed by atoms with van der Waals surface area (Å²) in [6.45, 7) is 0. The number of ether oxygens (including phenoxy) is 2. The van der Waals surface area contributed by atoms with E-state index in [4.69, 9.17) is 67.5 Å². The van der Waals surface area contributed by atoms with Crippen molar-refractivity contribution >= 4 is 58.0 Å². The standard InChI is InChI=1S/C25H10Cl5F6NO2/c26-16-9-13(4-5-15(16)25(34,35)36)38-20-3-1-2-14(21(20)30)11-6-17(27)22(18(28)7-11)39-23-19(29)8-12(10-37-23)24(31,32)33/h1-10H. The maximum absolute atomic E-state index is 13.0. The number of hydrogen-bond acceptors (Lipinski definition) is 3. The molecule has 4 rings (SSSR count). The van der Waals surface area contributed by atoms with E-state index in [0.717, 1.165) is 18.2 Å². The molecule has 0 saturated heterocycles. The molecule has 0 spiro atoms. The SMILES string of the molecule is FC(F)(F)c1cnc(Oc2c(Cl)cc(-c3cccc(Oc4ccc(C(F)(F)F)c(Cl)c4)c3Cl)cc2Cl)c(Cl)c1. The molecule has 3 aromatic carbocycles. The van der Waals surface area contributed by atoms with E-state index < -0.39 is 33.5 Å². The summed E-state index contributed by atoms with van der Waals surface area (Å²) in [4.78, 5) is 3.59. The minimum Gasteiger partial charge on any atom is -0.456 e. The summed E-state index contributed by atoms with van der Waals surface area (Å²) >= 11 is 30.8. The number of pyridine rings is 1. The number of alkyl halides is 6. The Morgan fingerprint density at radius 3 is 1.90 bits per heavy atom. The summed E-state index contributed by atoms with van der Waals surface area (Å²) in [6.07, 6.45) is -8.73. The van der Waals surface area contributed by atoms with Gasteiger partial charge < -0.3 is 9.47 Å². The van der Waals surface area contributed by atoms with Crippen LogP contribution < -0.4 is 9.47 Å². The molecule has 3 nitrogen and oxygen atoms in total. The van der Waals surface area contributed by atoms with Gasteiger partial charge in [-0.1, -0.05) is 70.1 Å². The van der Waals surface area contributed by atoms with E-state index in [1.165, 1.54) is 18.2 Å². The fourth-order valence-corrected chi connectivity index (χ4v) is 4.61. The Morgan fingerprint density at radius 2 is 1.33 bits per heavy atom. The highest BCUT2D eigenvalue weighted by molar-refractivity contribution is 6.38. The minimum atomic E-state index is -4.65. The van der Waals surface area contributed by atoms with Crippen LogP contribution in [0.2, 0.25) is 25.1 Å². The van der Waals surface area contributed by atoms with E-state index in [9.17, 15) is 26.3 Å². The molecule has 0 atom stereocenters. The third-order valence-corrected chi connectivity index (χ3v) is 6.61. The predicted octanol–water partition coefficient (Wildman–Crippen LogP) is 11.6. The molecule has 4 aromatic rings. The van der Waals surface area contributed by atoms with Gasteiger partial charge in [0.1, 0.15) is 16.5 Å². The molecule has 0 bridgehead atoms. The lowest BCUT2D eigenvalue weighted by molar-refractivity contribution is -0.138. The molecule has 0 amide bonds. The Hall–Kier alpha value is -2.56. The maximum atomic E-state index is 13.0. The molecular formula is C25H10Cl5F6NO2. The molecule has 1 aromatic heterocycles. The van der Waals surface area contributed by atoms with Gasteiger partial charge in [0.15, 0.2) is 5.75 Å². The largest absolute Gasteiger partial charge is 0.456 e. The quantitative estimate of drug-likeness (QED) is 0.202. The molecule has 0 saturated carbocycles. The second kappa shape index (κ2) is 11.1. The molecular weight excluding hydrogens is 638 g/mol. The average molecular weight is 648 g/mol. The summed E-state index contributed by atoms with van der Waals surface area (Å²) in [5.74, 6) is -0.380. The molecule has 1 heterocycles. The number of benzene rings is 3. The number of halogens is 11. The van der Waals surface area contributed by atoms with Crippen LogP contribution in [-0.4, -0.2) is 4.98 Å². The van der Waals surface area contributed by atoms with E-state index >= 15 is 0 Å². The molecule has 39 heavy (non-hydrogen) atoms. The molecule has 0 unspecified atom stereocenters. The van der Waals surface area contributed by atoms with Gasteiger partial charge in [-0.15, -0.1) is 0 Å². The summed E-state index contributed by atoms with van der Waals surface area (Å²) in [5.41, 5.74) is -1.31. The molecule has 0 N–H and O–H groups in total. The summed E-state index contributed by atoms with van der Waals surface area (Å²) < 4.78 is 88.7. The Labute approximate surface area is 241 Å². The summed E-state index contributed by atoms with van der Waals surface area (Å²) in [7, 11) is 0. The van der Waals surface area contributed by atoms with E-state index in [1.807, 2.05) is 0 Å². The average Bonchev–Trinajstić information content (AvgIpc) is 2.82. The molecule has 204 valence electrons. The van der Waals surface area contributed by atoms with Crippen LogP contribution >= 0.6 is 58.0 Å². The molecule has 14 heteroatoms. The van der Waals surface area contributed by atoms with Gasteiger partial charge in [0, 0.05) is 17.8 Å². The third-order valence-electron chi connectivity index (χ3n) is 5.08. The van der Waals surface area contributed by atoms with Crippen LogP contribution in [-0.2, 0) is 12.4 Å². The van der Waals surface area contributed by atoms with Gasteiger partial charge in [0.05, 0.1) is 31.2 Å². The molecule has 0 aliphatic rings. The molecule has 0 aliphatic carbocycles. The number of aromatic nitrogens is 1. The van der Waals surface area contributed by atoms with Crippen LogP contribution in [0.5, 0.6) is 23.1 Å². The van der Waals surface area contributed by atoms with Crippen molar-refractivity contribution in [1.82, 2.24) is 4.98 Å². The second-order valence-electron chi connectivity index (χ2n) is 7.74. The van der Waals surface area contributed by atoms with E-state index in [2.05, 4.69) is 4.98 Å². The van der Waals surface area contributed by atoms with Crippen molar-refractivity contribution in [1.29, 1.82) is 0 Å². The first-order chi connectivity index (χ1) is 18.1. The maximum Gasteiger partial charge on any atom is 0.417 e. The lowest BCUT2D eigenvalue weighted by Gasteiger charge is -2.15. The molecule has 0 aliphatic heterocycles. The predicted molar refractivity (Wildman–Crippen MR) is 138 cm³/mol. The first kappa shape index (κ1) is 29.4. The van der Waals surface area contributed by atoms with Gasteiger partial charge in [0.2, 0.25) is 5.88 Å². The van der Waals surface area contributed by atoms with Crippen LogP contribution in [0.4, 0.5) is 26.3 Å². The highest BCUT2D eigenvalue weighted by Crippen LogP contribution is 2.45. The van der Waals surface area contributed by atoms with Crippen LogP contribution in [0.25, 0.3) is 11.1 Å². The van der Waals surface area contributed by atoms with Gasteiger partial charge in [-0.3, -0.25) is 0 Å². The fraction of sp³-hybridized carbons (Fsp3) is 0.0800. The third kappa shape index (κ3) is 6.61. The van der Waals surface area contributed by atoms with Crippen molar-refractivity contribution in [3.05, 3.63) is 97.0 Å². The van der Waals surface area contributed by atoms with Gasteiger partial charge in [-0.2, -0.15) is 26.3 Å². The summed E-state index contributed by atoms with van der Waals surface area (Å²) in [5, 5.41) is -0.998. The van der Waals surface area contributed by atoms with Crippen molar-refractivity contribution in [2.24, 2.45) is 0 Å². The van der Waals surface area contributed by atoms with E-state index in [1.54, 1.807) is 12.1 Å².